The number of nitrogens with one attached hydrogen (secondary N) is 1. The van der Waals surface area contributed by atoms with Gasteiger partial charge in [0.25, 0.3) is 5.91 Å². The lowest BCUT2D eigenvalue weighted by molar-refractivity contribution is -0.123. The number of hydrogen-bond donors (Lipinski definition) is 1. The predicted molar refractivity (Wildman–Crippen MR) is 116 cm³/mol. The molecule has 3 aromatic carbocycles. The Morgan fingerprint density at radius 1 is 1.00 bits per heavy atom. The van der Waals surface area contributed by atoms with Crippen molar-refractivity contribution in [2.45, 2.75) is 6.61 Å². The molecule has 7 heteroatoms. The normalized spacial score (nSPS) is 10.6. The average molecular weight is 425 g/mol. The number of para-hydroxylation sites is 2. The number of rotatable bonds is 9. The van der Waals surface area contributed by atoms with Gasteiger partial charge in [-0.25, -0.2) is 5.43 Å². The molecule has 0 aliphatic heterocycles. The van der Waals surface area contributed by atoms with Crippen LogP contribution >= 0.6 is 11.6 Å². The van der Waals surface area contributed by atoms with E-state index < -0.39 is 0 Å². The molecular formula is C23H21ClN2O4. The third-order valence-corrected chi connectivity index (χ3v) is 4.26. The molecule has 0 atom stereocenters. The van der Waals surface area contributed by atoms with Crippen molar-refractivity contribution in [2.75, 3.05) is 13.7 Å². The number of hydrazone groups is 1. The second kappa shape index (κ2) is 10.9. The number of carbonyl (C=O) groups is 1. The maximum Gasteiger partial charge on any atom is 0.277 e. The van der Waals surface area contributed by atoms with Crippen LogP contribution in [0.2, 0.25) is 5.02 Å². The van der Waals surface area contributed by atoms with Crippen LogP contribution < -0.4 is 19.6 Å². The number of methoxy groups -OCH3 is 1. The lowest BCUT2D eigenvalue weighted by Crippen LogP contribution is -2.24. The monoisotopic (exact) mass is 424 g/mol. The second-order valence-electron chi connectivity index (χ2n) is 6.22. The van der Waals surface area contributed by atoms with Gasteiger partial charge >= 0.3 is 0 Å². The van der Waals surface area contributed by atoms with E-state index in [1.165, 1.54) is 6.21 Å². The Morgan fingerprint density at radius 2 is 1.77 bits per heavy atom. The van der Waals surface area contributed by atoms with E-state index in [-0.39, 0.29) is 12.5 Å². The molecule has 0 saturated carbocycles. The zero-order chi connectivity index (χ0) is 21.2. The highest BCUT2D eigenvalue weighted by Gasteiger charge is 2.06. The Bertz CT molecular complexity index is 1010. The van der Waals surface area contributed by atoms with Gasteiger partial charge in [-0.05, 0) is 47.5 Å². The number of carbonyl (C=O) groups excluding carboxylic acids is 1. The summed E-state index contributed by atoms with van der Waals surface area (Å²) in [5.74, 6) is 1.36. The minimum Gasteiger partial charge on any atom is -0.493 e. The largest absolute Gasteiger partial charge is 0.493 e. The van der Waals surface area contributed by atoms with Crippen molar-refractivity contribution in [3.05, 3.63) is 88.9 Å². The number of benzene rings is 3. The van der Waals surface area contributed by atoms with Crippen molar-refractivity contribution in [2.24, 2.45) is 5.10 Å². The molecule has 0 aliphatic carbocycles. The first-order valence-electron chi connectivity index (χ1n) is 9.19. The molecule has 0 aliphatic rings. The van der Waals surface area contributed by atoms with Gasteiger partial charge in [-0.15, -0.1) is 0 Å². The highest BCUT2D eigenvalue weighted by atomic mass is 35.5. The number of ether oxygens (including phenoxy) is 3. The summed E-state index contributed by atoms with van der Waals surface area (Å²) in [4.78, 5) is 11.9. The van der Waals surface area contributed by atoms with E-state index in [1.54, 1.807) is 25.3 Å². The smallest absolute Gasteiger partial charge is 0.277 e. The summed E-state index contributed by atoms with van der Waals surface area (Å²) < 4.78 is 16.4. The molecule has 3 aromatic rings. The van der Waals surface area contributed by atoms with Crippen LogP contribution in [0.15, 0.2) is 77.9 Å². The summed E-state index contributed by atoms with van der Waals surface area (Å²) in [6.45, 7) is 0.247. The van der Waals surface area contributed by atoms with Gasteiger partial charge in [0.05, 0.1) is 13.3 Å². The van der Waals surface area contributed by atoms with E-state index in [2.05, 4.69) is 10.5 Å². The Kier molecular flexibility index (Phi) is 7.69. The number of nitrogens with zero attached hydrogens (tertiary/aromatic N) is 1. The third-order valence-electron chi connectivity index (χ3n) is 4.01. The molecule has 30 heavy (non-hydrogen) atoms. The lowest BCUT2D eigenvalue weighted by Gasteiger charge is -2.09. The summed E-state index contributed by atoms with van der Waals surface area (Å²) in [7, 11) is 1.54. The molecular weight excluding hydrogens is 404 g/mol. The Balaban J connectivity index is 1.48. The van der Waals surface area contributed by atoms with E-state index in [9.17, 15) is 4.79 Å². The van der Waals surface area contributed by atoms with E-state index in [0.717, 1.165) is 11.1 Å². The van der Waals surface area contributed by atoms with Gasteiger partial charge in [0.2, 0.25) is 0 Å². The summed E-state index contributed by atoms with van der Waals surface area (Å²) >= 11 is 5.89. The fourth-order valence-corrected chi connectivity index (χ4v) is 2.65. The Morgan fingerprint density at radius 3 is 2.53 bits per heavy atom. The van der Waals surface area contributed by atoms with Crippen molar-refractivity contribution in [1.29, 1.82) is 0 Å². The quantitative estimate of drug-likeness (QED) is 0.407. The molecule has 0 bridgehead atoms. The number of hydrogen-bond acceptors (Lipinski definition) is 5. The van der Waals surface area contributed by atoms with Crippen LogP contribution in [0.4, 0.5) is 0 Å². The first-order valence-corrected chi connectivity index (χ1v) is 9.57. The SMILES string of the molecule is COc1ccccc1OCC(=O)NN=Cc1cccc(OCc2ccc(Cl)cc2)c1. The molecule has 0 fully saturated rings. The molecule has 0 radical (unpaired) electrons. The van der Waals surface area contributed by atoms with Crippen LogP contribution in [-0.4, -0.2) is 25.8 Å². The Labute approximate surface area is 180 Å². The van der Waals surface area contributed by atoms with Crippen LogP contribution in [0.25, 0.3) is 0 Å². The van der Waals surface area contributed by atoms with Crippen molar-refractivity contribution in [3.8, 4) is 17.2 Å². The maximum atomic E-state index is 11.9. The number of halogens is 1. The third kappa shape index (κ3) is 6.53. The summed E-state index contributed by atoms with van der Waals surface area (Å²) in [6, 6.07) is 22.0. The fourth-order valence-electron chi connectivity index (χ4n) is 2.52. The summed E-state index contributed by atoms with van der Waals surface area (Å²) in [5.41, 5.74) is 4.23. The standard InChI is InChI=1S/C23H21ClN2O4/c1-28-21-7-2-3-8-22(21)30-16-23(27)26-25-14-18-5-4-6-20(13-18)29-15-17-9-11-19(24)12-10-17/h2-14H,15-16H2,1H3,(H,26,27). The molecule has 0 saturated heterocycles. The molecule has 0 heterocycles. The van der Waals surface area contributed by atoms with Gasteiger partial charge in [-0.3, -0.25) is 4.79 Å². The van der Waals surface area contributed by atoms with Crippen molar-refractivity contribution in [1.82, 2.24) is 5.43 Å². The van der Waals surface area contributed by atoms with Gasteiger partial charge in [-0.2, -0.15) is 5.10 Å². The fraction of sp³-hybridized carbons (Fsp3) is 0.130. The van der Waals surface area contributed by atoms with Crippen molar-refractivity contribution >= 4 is 23.7 Å². The predicted octanol–water partition coefficient (Wildman–Crippen LogP) is 4.46. The van der Waals surface area contributed by atoms with Crippen molar-refractivity contribution in [3.63, 3.8) is 0 Å². The first-order chi connectivity index (χ1) is 14.6. The minimum atomic E-state index is -0.382. The molecule has 0 aromatic heterocycles. The molecule has 1 N–H and O–H groups in total. The van der Waals surface area contributed by atoms with E-state index in [4.69, 9.17) is 25.8 Å². The second-order valence-corrected chi connectivity index (χ2v) is 6.66. The maximum absolute atomic E-state index is 11.9. The molecule has 1 amide bonds. The van der Waals surface area contributed by atoms with Gasteiger partial charge < -0.3 is 14.2 Å². The van der Waals surface area contributed by atoms with Crippen LogP contribution in [-0.2, 0) is 11.4 Å². The topological polar surface area (TPSA) is 69.2 Å². The van der Waals surface area contributed by atoms with Crippen LogP contribution in [0.3, 0.4) is 0 Å². The zero-order valence-corrected chi connectivity index (χ0v) is 17.1. The van der Waals surface area contributed by atoms with Crippen LogP contribution in [0.5, 0.6) is 17.2 Å². The van der Waals surface area contributed by atoms with Gasteiger partial charge in [0, 0.05) is 5.02 Å². The van der Waals surface area contributed by atoms with Crippen LogP contribution in [0, 0.1) is 0 Å². The molecule has 3 rings (SSSR count). The molecule has 154 valence electrons. The van der Waals surface area contributed by atoms with Crippen LogP contribution in [0.1, 0.15) is 11.1 Å². The van der Waals surface area contributed by atoms with Crippen molar-refractivity contribution < 1.29 is 19.0 Å². The first kappa shape index (κ1) is 21.2. The average Bonchev–Trinajstić information content (AvgIpc) is 2.78. The van der Waals surface area contributed by atoms with Gasteiger partial charge in [-0.1, -0.05) is 48.0 Å². The van der Waals surface area contributed by atoms with Gasteiger partial charge in [0.1, 0.15) is 12.4 Å². The lowest BCUT2D eigenvalue weighted by atomic mass is 10.2. The summed E-state index contributed by atoms with van der Waals surface area (Å²) in [6.07, 6.45) is 1.54. The Hall–Kier alpha value is -3.51. The molecule has 0 unspecified atom stereocenters. The highest BCUT2D eigenvalue weighted by molar-refractivity contribution is 6.30. The number of amides is 1. The zero-order valence-electron chi connectivity index (χ0n) is 16.4. The van der Waals surface area contributed by atoms with E-state index in [0.29, 0.717) is 28.9 Å². The molecule has 0 spiro atoms. The summed E-state index contributed by atoms with van der Waals surface area (Å²) in [5, 5.41) is 4.65. The van der Waals surface area contributed by atoms with Gasteiger partial charge in [0.15, 0.2) is 18.1 Å². The highest BCUT2D eigenvalue weighted by Crippen LogP contribution is 2.25. The van der Waals surface area contributed by atoms with E-state index in [1.807, 2.05) is 54.6 Å². The minimum absolute atomic E-state index is 0.179. The van der Waals surface area contributed by atoms with E-state index >= 15 is 0 Å². The molecule has 6 nitrogen and oxygen atoms in total.